The van der Waals surface area contributed by atoms with Crippen LogP contribution in [-0.2, 0) is 16.1 Å². The number of fused-ring (bicyclic) bond motifs is 1. The average molecular weight is 362 g/mol. The number of benzene rings is 2. The van der Waals surface area contributed by atoms with E-state index in [9.17, 15) is 9.59 Å². The van der Waals surface area contributed by atoms with Crippen molar-refractivity contribution in [2.45, 2.75) is 20.5 Å². The average Bonchev–Trinajstić information content (AvgIpc) is 3.03. The molecule has 0 unspecified atom stereocenters. The Labute approximate surface area is 149 Å². The van der Waals surface area contributed by atoms with Gasteiger partial charge in [0.25, 0.3) is 0 Å². The third-order valence-corrected chi connectivity index (χ3v) is 3.93. The normalized spacial score (nSPS) is 12.0. The standard InChI is InChI=1S/C18H16ClNO5/c1-10-4-3-5-13(16(10)20-11(2)21)18(22)23-8-12-6-14(19)17-15(7-12)24-9-25-17/h3-7H,8-9H2,1-2H3,(H,20,21). The molecular weight excluding hydrogens is 346 g/mol. The molecule has 1 N–H and O–H groups in total. The van der Waals surface area contributed by atoms with Gasteiger partial charge < -0.3 is 19.5 Å². The molecule has 0 saturated carbocycles. The van der Waals surface area contributed by atoms with Crippen molar-refractivity contribution in [2.75, 3.05) is 12.1 Å². The van der Waals surface area contributed by atoms with E-state index in [2.05, 4.69) is 5.32 Å². The molecule has 0 aliphatic carbocycles. The summed E-state index contributed by atoms with van der Waals surface area (Å²) >= 11 is 6.12. The number of para-hydroxylation sites is 1. The number of rotatable bonds is 4. The number of hydrogen-bond donors (Lipinski definition) is 1. The smallest absolute Gasteiger partial charge is 0.340 e. The summed E-state index contributed by atoms with van der Waals surface area (Å²) in [6.07, 6.45) is 0. The highest BCUT2D eigenvalue weighted by atomic mass is 35.5. The molecule has 0 atom stereocenters. The van der Waals surface area contributed by atoms with Crippen LogP contribution in [0.3, 0.4) is 0 Å². The molecule has 0 saturated heterocycles. The number of aryl methyl sites for hydroxylation is 1. The molecule has 1 aliphatic heterocycles. The Kier molecular flexibility index (Phi) is 4.81. The lowest BCUT2D eigenvalue weighted by Crippen LogP contribution is -2.14. The molecule has 25 heavy (non-hydrogen) atoms. The van der Waals surface area contributed by atoms with E-state index >= 15 is 0 Å². The van der Waals surface area contributed by atoms with Crippen molar-refractivity contribution in [1.29, 1.82) is 0 Å². The van der Waals surface area contributed by atoms with E-state index in [1.165, 1.54) is 6.92 Å². The van der Waals surface area contributed by atoms with Gasteiger partial charge in [-0.25, -0.2) is 4.79 Å². The van der Waals surface area contributed by atoms with Gasteiger partial charge in [-0.15, -0.1) is 0 Å². The minimum atomic E-state index is -0.541. The second kappa shape index (κ2) is 7.03. The fourth-order valence-corrected chi connectivity index (χ4v) is 2.80. The number of esters is 1. The number of carbonyl (C=O) groups is 2. The zero-order chi connectivity index (χ0) is 18.0. The van der Waals surface area contributed by atoms with Gasteiger partial charge in [0.2, 0.25) is 12.7 Å². The highest BCUT2D eigenvalue weighted by Crippen LogP contribution is 2.40. The van der Waals surface area contributed by atoms with Gasteiger partial charge in [0.05, 0.1) is 16.3 Å². The second-order valence-corrected chi connectivity index (χ2v) is 5.97. The van der Waals surface area contributed by atoms with Crippen molar-refractivity contribution in [3.05, 3.63) is 52.0 Å². The Hall–Kier alpha value is -2.73. The summed E-state index contributed by atoms with van der Waals surface area (Å²) in [7, 11) is 0. The molecule has 1 aliphatic rings. The number of ether oxygens (including phenoxy) is 3. The molecule has 0 aromatic heterocycles. The summed E-state index contributed by atoms with van der Waals surface area (Å²) in [5.74, 6) is 0.212. The van der Waals surface area contributed by atoms with Gasteiger partial charge in [0, 0.05) is 6.92 Å². The minimum Gasteiger partial charge on any atom is -0.457 e. The van der Waals surface area contributed by atoms with Crippen LogP contribution in [0.25, 0.3) is 0 Å². The topological polar surface area (TPSA) is 73.9 Å². The summed E-state index contributed by atoms with van der Waals surface area (Å²) < 4.78 is 15.9. The molecule has 130 valence electrons. The van der Waals surface area contributed by atoms with Gasteiger partial charge in [-0.3, -0.25) is 4.79 Å². The van der Waals surface area contributed by atoms with E-state index in [1.54, 1.807) is 37.3 Å². The molecule has 3 rings (SSSR count). The van der Waals surface area contributed by atoms with E-state index < -0.39 is 5.97 Å². The van der Waals surface area contributed by atoms with Crippen LogP contribution in [0.2, 0.25) is 5.02 Å². The number of halogens is 1. The lowest BCUT2D eigenvalue weighted by atomic mass is 10.1. The number of carbonyl (C=O) groups excluding carboxylic acids is 2. The first-order valence-electron chi connectivity index (χ1n) is 7.58. The molecule has 0 bridgehead atoms. The van der Waals surface area contributed by atoms with E-state index in [1.807, 2.05) is 0 Å². The largest absolute Gasteiger partial charge is 0.457 e. The highest BCUT2D eigenvalue weighted by Gasteiger charge is 2.20. The maximum atomic E-state index is 12.4. The SMILES string of the molecule is CC(=O)Nc1c(C)cccc1C(=O)OCc1cc(Cl)c2c(c1)OCO2. The summed E-state index contributed by atoms with van der Waals surface area (Å²) in [4.78, 5) is 23.8. The monoisotopic (exact) mass is 361 g/mol. The predicted molar refractivity (Wildman–Crippen MR) is 92.2 cm³/mol. The second-order valence-electron chi connectivity index (χ2n) is 5.57. The zero-order valence-corrected chi connectivity index (χ0v) is 14.5. The lowest BCUT2D eigenvalue weighted by Gasteiger charge is -2.13. The van der Waals surface area contributed by atoms with Crippen molar-refractivity contribution in [3.8, 4) is 11.5 Å². The van der Waals surface area contributed by atoms with Crippen LogP contribution >= 0.6 is 11.6 Å². The van der Waals surface area contributed by atoms with E-state index in [0.717, 1.165) is 5.56 Å². The number of hydrogen-bond acceptors (Lipinski definition) is 5. The first kappa shape index (κ1) is 17.1. The first-order chi connectivity index (χ1) is 12.0. The number of anilines is 1. The van der Waals surface area contributed by atoms with Gasteiger partial charge in [0.15, 0.2) is 11.5 Å². The van der Waals surface area contributed by atoms with Crippen LogP contribution in [0, 0.1) is 6.92 Å². The van der Waals surface area contributed by atoms with E-state index in [-0.39, 0.29) is 19.3 Å². The van der Waals surface area contributed by atoms with Crippen LogP contribution in [0.5, 0.6) is 11.5 Å². The molecule has 6 nitrogen and oxygen atoms in total. The van der Waals surface area contributed by atoms with E-state index in [4.69, 9.17) is 25.8 Å². The van der Waals surface area contributed by atoms with Crippen LogP contribution in [0.15, 0.2) is 30.3 Å². The summed E-state index contributed by atoms with van der Waals surface area (Å²) in [5, 5.41) is 3.07. The Balaban J connectivity index is 1.77. The predicted octanol–water partition coefficient (Wildman–Crippen LogP) is 3.69. The summed E-state index contributed by atoms with van der Waals surface area (Å²) in [6.45, 7) is 3.32. The fraction of sp³-hybridized carbons (Fsp3) is 0.222. The molecule has 0 fully saturated rings. The van der Waals surface area contributed by atoms with E-state index in [0.29, 0.717) is 33.3 Å². The molecule has 1 amide bonds. The Morgan fingerprint density at radius 1 is 1.28 bits per heavy atom. The molecule has 1 heterocycles. The molecule has 2 aromatic rings. The van der Waals surface area contributed by atoms with Gasteiger partial charge in [0.1, 0.15) is 6.61 Å². The third-order valence-electron chi connectivity index (χ3n) is 3.65. The minimum absolute atomic E-state index is 0.0165. The molecule has 7 heteroatoms. The Morgan fingerprint density at radius 2 is 2.08 bits per heavy atom. The van der Waals surface area contributed by atoms with Crippen molar-refractivity contribution in [2.24, 2.45) is 0 Å². The van der Waals surface area contributed by atoms with Crippen LogP contribution in [0.4, 0.5) is 5.69 Å². The fourth-order valence-electron chi connectivity index (χ4n) is 2.51. The number of amides is 1. The van der Waals surface area contributed by atoms with Gasteiger partial charge in [-0.2, -0.15) is 0 Å². The highest BCUT2D eigenvalue weighted by molar-refractivity contribution is 6.32. The van der Waals surface area contributed by atoms with Crippen LogP contribution in [-0.4, -0.2) is 18.7 Å². The molecular formula is C18H16ClNO5. The summed E-state index contributed by atoms with van der Waals surface area (Å²) in [5.41, 5.74) is 2.19. The molecule has 2 aromatic carbocycles. The quantitative estimate of drug-likeness (QED) is 0.841. The maximum Gasteiger partial charge on any atom is 0.340 e. The zero-order valence-electron chi connectivity index (χ0n) is 13.7. The van der Waals surface area contributed by atoms with Crippen LogP contribution < -0.4 is 14.8 Å². The lowest BCUT2D eigenvalue weighted by molar-refractivity contribution is -0.114. The third kappa shape index (κ3) is 3.69. The van der Waals surface area contributed by atoms with Crippen LogP contribution in [0.1, 0.15) is 28.4 Å². The summed E-state index contributed by atoms with van der Waals surface area (Å²) in [6, 6.07) is 8.52. The van der Waals surface area contributed by atoms with Crippen molar-refractivity contribution >= 4 is 29.2 Å². The first-order valence-corrected chi connectivity index (χ1v) is 7.96. The van der Waals surface area contributed by atoms with Gasteiger partial charge >= 0.3 is 5.97 Å². The van der Waals surface area contributed by atoms with Crippen molar-refractivity contribution in [1.82, 2.24) is 0 Å². The van der Waals surface area contributed by atoms with Gasteiger partial charge in [-0.05, 0) is 36.2 Å². The molecule has 0 spiro atoms. The maximum absolute atomic E-state index is 12.4. The van der Waals surface area contributed by atoms with Crippen molar-refractivity contribution in [3.63, 3.8) is 0 Å². The number of nitrogens with one attached hydrogen (secondary N) is 1. The molecule has 0 radical (unpaired) electrons. The van der Waals surface area contributed by atoms with Gasteiger partial charge in [-0.1, -0.05) is 23.7 Å². The Bertz CT molecular complexity index is 850. The van der Waals surface area contributed by atoms with Crippen molar-refractivity contribution < 1.29 is 23.8 Å². The Morgan fingerprint density at radius 3 is 2.84 bits per heavy atom.